The topological polar surface area (TPSA) is 41.1 Å². The van der Waals surface area contributed by atoms with Crippen LogP contribution in [0.25, 0.3) is 0 Å². The van der Waals surface area contributed by atoms with Gasteiger partial charge in [-0.1, -0.05) is 5.57 Å². The molecule has 0 atom stereocenters. The summed E-state index contributed by atoms with van der Waals surface area (Å²) in [5.41, 5.74) is 5.32. The lowest BCUT2D eigenvalue weighted by molar-refractivity contribution is -0.137. The quantitative estimate of drug-likeness (QED) is 0.646. The summed E-state index contributed by atoms with van der Waals surface area (Å²) in [4.78, 5) is 11.2. The van der Waals surface area contributed by atoms with Crippen molar-refractivity contribution >= 4 is 11.6 Å². The van der Waals surface area contributed by atoms with Crippen LogP contribution in [0, 0.1) is 0 Å². The van der Waals surface area contributed by atoms with Crippen molar-refractivity contribution in [3.05, 3.63) is 41.5 Å². The molecular formula is C12H13F3N2O. The first-order chi connectivity index (χ1) is 8.29. The Morgan fingerprint density at radius 2 is 1.72 bits per heavy atom. The van der Waals surface area contributed by atoms with Crippen LogP contribution in [0.15, 0.2) is 35.9 Å². The van der Waals surface area contributed by atoms with Gasteiger partial charge in [-0.2, -0.15) is 13.2 Å². The van der Waals surface area contributed by atoms with Crippen LogP contribution in [0.1, 0.15) is 19.4 Å². The van der Waals surface area contributed by atoms with E-state index in [1.54, 1.807) is 13.8 Å². The number of hydrogen-bond acceptors (Lipinski definition) is 2. The van der Waals surface area contributed by atoms with Crippen molar-refractivity contribution in [2.45, 2.75) is 20.0 Å². The predicted molar refractivity (Wildman–Crippen MR) is 62.6 cm³/mol. The molecule has 3 nitrogen and oxygen atoms in total. The van der Waals surface area contributed by atoms with Crippen molar-refractivity contribution in [2.24, 2.45) is 0 Å². The van der Waals surface area contributed by atoms with Crippen molar-refractivity contribution in [1.82, 2.24) is 5.43 Å². The lowest BCUT2D eigenvalue weighted by atomic mass is 10.2. The van der Waals surface area contributed by atoms with Crippen molar-refractivity contribution in [1.29, 1.82) is 0 Å². The first-order valence-corrected chi connectivity index (χ1v) is 5.17. The number of nitrogens with one attached hydrogen (secondary N) is 2. The van der Waals surface area contributed by atoms with Crippen LogP contribution in [0.5, 0.6) is 0 Å². The third-order valence-electron chi connectivity index (χ3n) is 1.96. The number of halogens is 3. The third-order valence-corrected chi connectivity index (χ3v) is 1.96. The Hall–Kier alpha value is -1.98. The van der Waals surface area contributed by atoms with Crippen LogP contribution in [-0.2, 0) is 11.0 Å². The van der Waals surface area contributed by atoms with E-state index in [0.717, 1.165) is 17.7 Å². The molecular weight excluding hydrogens is 245 g/mol. The molecule has 1 amide bonds. The van der Waals surface area contributed by atoms with E-state index in [2.05, 4.69) is 10.9 Å². The van der Waals surface area contributed by atoms with Gasteiger partial charge in [0.15, 0.2) is 0 Å². The molecule has 0 aliphatic carbocycles. The summed E-state index contributed by atoms with van der Waals surface area (Å²) < 4.78 is 36.8. The van der Waals surface area contributed by atoms with Crippen molar-refractivity contribution < 1.29 is 18.0 Å². The highest BCUT2D eigenvalue weighted by Gasteiger charge is 2.29. The molecule has 1 aromatic rings. The number of anilines is 1. The molecule has 0 unspecified atom stereocenters. The molecule has 0 aromatic heterocycles. The van der Waals surface area contributed by atoms with E-state index in [1.165, 1.54) is 18.2 Å². The van der Waals surface area contributed by atoms with Gasteiger partial charge in [0.05, 0.1) is 11.3 Å². The second-order valence-electron chi connectivity index (χ2n) is 3.91. The Labute approximate surface area is 103 Å². The van der Waals surface area contributed by atoms with Crippen LogP contribution in [0.2, 0.25) is 0 Å². The fourth-order valence-corrected chi connectivity index (χ4v) is 1.17. The first-order valence-electron chi connectivity index (χ1n) is 5.17. The minimum atomic E-state index is -4.36. The highest BCUT2D eigenvalue weighted by molar-refractivity contribution is 5.88. The van der Waals surface area contributed by atoms with Crippen molar-refractivity contribution in [3.63, 3.8) is 0 Å². The van der Waals surface area contributed by atoms with Gasteiger partial charge in [0, 0.05) is 6.08 Å². The maximum Gasteiger partial charge on any atom is 0.416 e. The molecule has 6 heteroatoms. The Kier molecular flexibility index (Phi) is 4.36. The summed E-state index contributed by atoms with van der Waals surface area (Å²) in [7, 11) is 0. The summed E-state index contributed by atoms with van der Waals surface area (Å²) in [5.74, 6) is -0.366. The molecule has 98 valence electrons. The van der Waals surface area contributed by atoms with Gasteiger partial charge in [0.2, 0.25) is 0 Å². The Bertz CT molecular complexity index is 445. The monoisotopic (exact) mass is 258 g/mol. The van der Waals surface area contributed by atoms with Gasteiger partial charge in [-0.15, -0.1) is 0 Å². The SMILES string of the molecule is CC(C)=CC(=O)NNc1ccc(C(F)(F)F)cc1. The molecule has 0 aliphatic heterocycles. The average Bonchev–Trinajstić information content (AvgIpc) is 2.25. The number of alkyl halides is 3. The molecule has 0 aliphatic rings. The molecule has 0 bridgehead atoms. The highest BCUT2D eigenvalue weighted by Crippen LogP contribution is 2.29. The molecule has 0 saturated heterocycles. The summed E-state index contributed by atoms with van der Waals surface area (Å²) >= 11 is 0. The molecule has 1 aromatic carbocycles. The molecule has 0 radical (unpaired) electrons. The number of amides is 1. The smallest absolute Gasteiger partial charge is 0.298 e. The Morgan fingerprint density at radius 3 is 2.17 bits per heavy atom. The van der Waals surface area contributed by atoms with E-state index in [1.807, 2.05) is 0 Å². The molecule has 0 heterocycles. The van der Waals surface area contributed by atoms with Gasteiger partial charge < -0.3 is 0 Å². The average molecular weight is 258 g/mol. The molecule has 0 fully saturated rings. The van der Waals surface area contributed by atoms with Crippen molar-refractivity contribution in [3.8, 4) is 0 Å². The standard InChI is InChI=1S/C12H13F3N2O/c1-8(2)7-11(18)17-16-10-5-3-9(4-6-10)12(13,14)15/h3-7,16H,1-2H3,(H,17,18). The normalized spacial score (nSPS) is 10.7. The zero-order valence-electron chi connectivity index (χ0n) is 9.93. The number of allylic oxidation sites excluding steroid dienone is 1. The Balaban J connectivity index is 2.60. The summed E-state index contributed by atoms with van der Waals surface area (Å²) in [6, 6.07) is 4.36. The summed E-state index contributed by atoms with van der Waals surface area (Å²) in [5, 5.41) is 0. The van der Waals surface area contributed by atoms with Crippen LogP contribution < -0.4 is 10.9 Å². The van der Waals surface area contributed by atoms with E-state index in [9.17, 15) is 18.0 Å². The van der Waals surface area contributed by atoms with E-state index < -0.39 is 11.7 Å². The number of carbonyl (C=O) groups is 1. The molecule has 0 saturated carbocycles. The van der Waals surface area contributed by atoms with E-state index in [0.29, 0.717) is 5.69 Å². The molecule has 0 spiro atoms. The summed E-state index contributed by atoms with van der Waals surface area (Å²) in [6.45, 7) is 3.52. The van der Waals surface area contributed by atoms with Gasteiger partial charge in [-0.3, -0.25) is 15.6 Å². The molecule has 18 heavy (non-hydrogen) atoms. The van der Waals surface area contributed by atoms with Crippen molar-refractivity contribution in [2.75, 3.05) is 5.43 Å². The number of hydrazine groups is 1. The highest BCUT2D eigenvalue weighted by atomic mass is 19.4. The molecule has 2 N–H and O–H groups in total. The lowest BCUT2D eigenvalue weighted by Crippen LogP contribution is -2.27. The molecule has 1 rings (SSSR count). The lowest BCUT2D eigenvalue weighted by Gasteiger charge is -2.09. The minimum absolute atomic E-state index is 0.366. The number of benzene rings is 1. The van der Waals surface area contributed by atoms with Gasteiger partial charge >= 0.3 is 6.18 Å². The number of carbonyl (C=O) groups excluding carboxylic acids is 1. The number of rotatable bonds is 3. The van der Waals surface area contributed by atoms with Crippen LogP contribution >= 0.6 is 0 Å². The van der Waals surface area contributed by atoms with Crippen LogP contribution in [0.4, 0.5) is 18.9 Å². The second-order valence-corrected chi connectivity index (χ2v) is 3.91. The minimum Gasteiger partial charge on any atom is -0.298 e. The third kappa shape index (κ3) is 4.48. The van der Waals surface area contributed by atoms with E-state index in [-0.39, 0.29) is 5.91 Å². The van der Waals surface area contributed by atoms with Gasteiger partial charge in [-0.25, -0.2) is 0 Å². The first kappa shape index (κ1) is 14.1. The van der Waals surface area contributed by atoms with E-state index in [4.69, 9.17) is 0 Å². The fourth-order valence-electron chi connectivity index (χ4n) is 1.17. The largest absolute Gasteiger partial charge is 0.416 e. The van der Waals surface area contributed by atoms with Gasteiger partial charge in [-0.05, 0) is 38.1 Å². The Morgan fingerprint density at radius 1 is 1.17 bits per heavy atom. The number of hydrogen-bond donors (Lipinski definition) is 2. The predicted octanol–water partition coefficient (Wildman–Crippen LogP) is 3.11. The van der Waals surface area contributed by atoms with Gasteiger partial charge in [0.1, 0.15) is 0 Å². The van der Waals surface area contributed by atoms with E-state index >= 15 is 0 Å². The summed E-state index contributed by atoms with van der Waals surface area (Å²) in [6.07, 6.45) is -2.99. The second kappa shape index (κ2) is 5.57. The zero-order chi connectivity index (χ0) is 13.8. The maximum absolute atomic E-state index is 12.3. The maximum atomic E-state index is 12.3. The van der Waals surface area contributed by atoms with Crippen LogP contribution in [0.3, 0.4) is 0 Å². The van der Waals surface area contributed by atoms with Crippen LogP contribution in [-0.4, -0.2) is 5.91 Å². The zero-order valence-corrected chi connectivity index (χ0v) is 9.93. The van der Waals surface area contributed by atoms with Gasteiger partial charge in [0.25, 0.3) is 5.91 Å². The fraction of sp³-hybridized carbons (Fsp3) is 0.250.